The molecule has 0 saturated carbocycles. The van der Waals surface area contributed by atoms with Gasteiger partial charge in [-0.3, -0.25) is 4.79 Å². The molecule has 0 heterocycles. The average molecular weight is 130 g/mol. The van der Waals surface area contributed by atoms with E-state index in [1.807, 2.05) is 6.92 Å². The van der Waals surface area contributed by atoms with Gasteiger partial charge in [0, 0.05) is 0 Å². The molecule has 9 heavy (non-hydrogen) atoms. The molecule has 3 nitrogen and oxygen atoms in total. The molecule has 0 rings (SSSR count). The Balaban J connectivity index is 3.45. The zero-order chi connectivity index (χ0) is 7.28. The highest BCUT2D eigenvalue weighted by atomic mass is 16.1. The lowest BCUT2D eigenvalue weighted by atomic mass is 10.1. The SMILES string of the molecule is CCCC(N)C(=O)CN. The monoisotopic (exact) mass is 130 g/mol. The van der Waals surface area contributed by atoms with Crippen molar-refractivity contribution in [2.24, 2.45) is 11.5 Å². The van der Waals surface area contributed by atoms with Crippen molar-refractivity contribution >= 4 is 5.78 Å². The van der Waals surface area contributed by atoms with Gasteiger partial charge in [0.1, 0.15) is 0 Å². The molecule has 0 bridgehead atoms. The quantitative estimate of drug-likeness (QED) is 0.546. The molecule has 1 unspecified atom stereocenters. The van der Waals surface area contributed by atoms with Crippen LogP contribution in [0.3, 0.4) is 0 Å². The minimum atomic E-state index is -0.333. The van der Waals surface area contributed by atoms with Gasteiger partial charge in [-0.15, -0.1) is 0 Å². The van der Waals surface area contributed by atoms with Crippen LogP contribution in [0.25, 0.3) is 0 Å². The Morgan fingerprint density at radius 3 is 2.56 bits per heavy atom. The third-order valence-corrected chi connectivity index (χ3v) is 1.21. The second kappa shape index (κ2) is 4.47. The summed E-state index contributed by atoms with van der Waals surface area (Å²) in [7, 11) is 0. The second-order valence-electron chi connectivity index (χ2n) is 2.07. The van der Waals surface area contributed by atoms with E-state index in [-0.39, 0.29) is 18.4 Å². The molecule has 0 aliphatic rings. The van der Waals surface area contributed by atoms with Gasteiger partial charge in [0.25, 0.3) is 0 Å². The molecule has 54 valence electrons. The van der Waals surface area contributed by atoms with E-state index in [4.69, 9.17) is 11.5 Å². The van der Waals surface area contributed by atoms with Crippen molar-refractivity contribution < 1.29 is 4.79 Å². The number of hydrogen-bond donors (Lipinski definition) is 2. The van der Waals surface area contributed by atoms with Crippen LogP contribution in [-0.4, -0.2) is 18.4 Å². The first-order valence-electron chi connectivity index (χ1n) is 3.20. The number of rotatable bonds is 4. The fraction of sp³-hybridized carbons (Fsp3) is 0.833. The highest BCUT2D eigenvalue weighted by molar-refractivity contribution is 5.85. The van der Waals surface area contributed by atoms with Crippen molar-refractivity contribution in [3.05, 3.63) is 0 Å². The van der Waals surface area contributed by atoms with Crippen molar-refractivity contribution in [3.8, 4) is 0 Å². The molecule has 0 aliphatic carbocycles. The minimum Gasteiger partial charge on any atom is -0.324 e. The van der Waals surface area contributed by atoms with E-state index in [0.717, 1.165) is 12.8 Å². The van der Waals surface area contributed by atoms with Gasteiger partial charge < -0.3 is 11.5 Å². The first-order chi connectivity index (χ1) is 4.22. The molecule has 0 aromatic carbocycles. The number of carbonyl (C=O) groups is 1. The van der Waals surface area contributed by atoms with Crippen LogP contribution in [0.4, 0.5) is 0 Å². The highest BCUT2D eigenvalue weighted by Crippen LogP contribution is 1.92. The summed E-state index contributed by atoms with van der Waals surface area (Å²) >= 11 is 0. The number of Topliss-reactive ketones (excluding diaryl/α,β-unsaturated/α-hetero) is 1. The topological polar surface area (TPSA) is 69.1 Å². The third-order valence-electron chi connectivity index (χ3n) is 1.21. The summed E-state index contributed by atoms with van der Waals surface area (Å²) in [6, 6.07) is -0.333. The standard InChI is InChI=1S/C6H14N2O/c1-2-3-5(8)6(9)4-7/h5H,2-4,7-8H2,1H3. The molecule has 0 spiro atoms. The van der Waals surface area contributed by atoms with Gasteiger partial charge in [-0.1, -0.05) is 13.3 Å². The molecule has 0 radical (unpaired) electrons. The molecule has 0 amide bonds. The Hall–Kier alpha value is -0.410. The van der Waals surface area contributed by atoms with Crippen LogP contribution in [0.5, 0.6) is 0 Å². The first kappa shape index (κ1) is 8.59. The van der Waals surface area contributed by atoms with Crippen LogP contribution in [0, 0.1) is 0 Å². The molecule has 3 heteroatoms. The van der Waals surface area contributed by atoms with Crippen LogP contribution in [-0.2, 0) is 4.79 Å². The van der Waals surface area contributed by atoms with Crippen LogP contribution >= 0.6 is 0 Å². The van der Waals surface area contributed by atoms with Gasteiger partial charge in [-0.25, -0.2) is 0 Å². The number of nitrogens with two attached hydrogens (primary N) is 2. The predicted octanol–water partition coefficient (Wildman–Crippen LogP) is -0.358. The van der Waals surface area contributed by atoms with Gasteiger partial charge in [0.2, 0.25) is 0 Å². The minimum absolute atomic E-state index is 0.0446. The molecule has 0 aliphatic heterocycles. The van der Waals surface area contributed by atoms with E-state index in [1.165, 1.54) is 0 Å². The van der Waals surface area contributed by atoms with Crippen molar-refractivity contribution in [3.63, 3.8) is 0 Å². The van der Waals surface area contributed by atoms with Gasteiger partial charge in [-0.05, 0) is 6.42 Å². The zero-order valence-corrected chi connectivity index (χ0v) is 5.76. The third kappa shape index (κ3) is 3.21. The van der Waals surface area contributed by atoms with Gasteiger partial charge in [-0.2, -0.15) is 0 Å². The predicted molar refractivity (Wildman–Crippen MR) is 36.9 cm³/mol. The average Bonchev–Trinajstić information content (AvgIpc) is 1.87. The van der Waals surface area contributed by atoms with E-state index >= 15 is 0 Å². The summed E-state index contributed by atoms with van der Waals surface area (Å²) in [6.07, 6.45) is 1.68. The first-order valence-corrected chi connectivity index (χ1v) is 3.20. The van der Waals surface area contributed by atoms with Crippen molar-refractivity contribution in [1.82, 2.24) is 0 Å². The Morgan fingerprint density at radius 1 is 1.67 bits per heavy atom. The summed E-state index contributed by atoms with van der Waals surface area (Å²) in [5.74, 6) is -0.0446. The summed E-state index contributed by atoms with van der Waals surface area (Å²) in [6.45, 7) is 2.06. The Morgan fingerprint density at radius 2 is 2.22 bits per heavy atom. The maximum Gasteiger partial charge on any atom is 0.162 e. The Bertz CT molecular complexity index is 93.1. The van der Waals surface area contributed by atoms with E-state index in [0.29, 0.717) is 0 Å². The van der Waals surface area contributed by atoms with E-state index in [9.17, 15) is 4.79 Å². The Kier molecular flexibility index (Phi) is 4.26. The van der Waals surface area contributed by atoms with E-state index in [1.54, 1.807) is 0 Å². The van der Waals surface area contributed by atoms with Crippen LogP contribution in [0.1, 0.15) is 19.8 Å². The summed E-state index contributed by atoms with van der Waals surface area (Å²) < 4.78 is 0. The van der Waals surface area contributed by atoms with Crippen molar-refractivity contribution in [2.45, 2.75) is 25.8 Å². The summed E-state index contributed by atoms with van der Waals surface area (Å²) in [5, 5.41) is 0. The Labute approximate surface area is 55.4 Å². The number of hydrogen-bond acceptors (Lipinski definition) is 3. The molecule has 0 aromatic rings. The van der Waals surface area contributed by atoms with E-state index in [2.05, 4.69) is 0 Å². The lowest BCUT2D eigenvalue weighted by molar-refractivity contribution is -0.119. The largest absolute Gasteiger partial charge is 0.324 e. The smallest absolute Gasteiger partial charge is 0.162 e. The maximum atomic E-state index is 10.7. The summed E-state index contributed by atoms with van der Waals surface area (Å²) in [4.78, 5) is 10.7. The van der Waals surface area contributed by atoms with Crippen LogP contribution < -0.4 is 11.5 Å². The molecular formula is C6H14N2O. The number of ketones is 1. The fourth-order valence-corrected chi connectivity index (χ4v) is 0.623. The molecular weight excluding hydrogens is 116 g/mol. The number of carbonyl (C=O) groups excluding carboxylic acids is 1. The van der Waals surface area contributed by atoms with Gasteiger partial charge >= 0.3 is 0 Å². The van der Waals surface area contributed by atoms with E-state index < -0.39 is 0 Å². The van der Waals surface area contributed by atoms with Crippen LogP contribution in [0.15, 0.2) is 0 Å². The fourth-order valence-electron chi connectivity index (χ4n) is 0.623. The summed E-state index contributed by atoms with van der Waals surface area (Å²) in [5.41, 5.74) is 10.5. The van der Waals surface area contributed by atoms with Crippen molar-refractivity contribution in [1.29, 1.82) is 0 Å². The van der Waals surface area contributed by atoms with Crippen LogP contribution in [0.2, 0.25) is 0 Å². The zero-order valence-electron chi connectivity index (χ0n) is 5.76. The lowest BCUT2D eigenvalue weighted by Gasteiger charge is -2.05. The second-order valence-corrected chi connectivity index (χ2v) is 2.07. The highest BCUT2D eigenvalue weighted by Gasteiger charge is 2.08. The maximum absolute atomic E-state index is 10.7. The molecule has 4 N–H and O–H groups in total. The normalized spacial score (nSPS) is 13.2. The van der Waals surface area contributed by atoms with Gasteiger partial charge in [0.15, 0.2) is 5.78 Å². The van der Waals surface area contributed by atoms with Crippen molar-refractivity contribution in [2.75, 3.05) is 6.54 Å². The molecule has 1 atom stereocenters. The lowest BCUT2D eigenvalue weighted by Crippen LogP contribution is -2.35. The molecule has 0 fully saturated rings. The molecule has 0 aromatic heterocycles. The molecule has 0 saturated heterocycles. The van der Waals surface area contributed by atoms with Gasteiger partial charge in [0.05, 0.1) is 12.6 Å².